The Morgan fingerprint density at radius 2 is 1.63 bits per heavy atom. The molecule has 2 aromatic heterocycles. The van der Waals surface area contributed by atoms with Crippen LogP contribution < -0.4 is 0 Å². The van der Waals surface area contributed by atoms with Gasteiger partial charge in [0.2, 0.25) is 0 Å². The summed E-state index contributed by atoms with van der Waals surface area (Å²) in [5.74, 6) is -0.235. The number of aryl methyl sites for hydroxylation is 3. The number of nitrogens with zero attached hydrogens (tertiary/aromatic N) is 3. The van der Waals surface area contributed by atoms with Crippen LogP contribution >= 0.6 is 0 Å². The standard InChI is InChI=1S/C33H35FN4/c1-6-22-13-10-14-23(7-2)30(22)38-31(26-15-16-28(34)29-25(26)17-18-35-29)27-20-37(33(4,5)32(27)36-38)19-24-12-9-8-11-21(24)3/h8-18,35H,6-7,19-20H2,1-5H3. The number of aromatic nitrogens is 3. The van der Waals surface area contributed by atoms with Crippen LogP contribution in [-0.2, 0) is 31.5 Å². The molecule has 0 fully saturated rings. The minimum atomic E-state index is -0.261. The fraction of sp³-hybridized carbons (Fsp3) is 0.303. The first-order chi connectivity index (χ1) is 18.3. The highest BCUT2D eigenvalue weighted by Crippen LogP contribution is 2.46. The summed E-state index contributed by atoms with van der Waals surface area (Å²) in [5, 5.41) is 6.29. The molecule has 0 saturated carbocycles. The second kappa shape index (κ2) is 9.25. The van der Waals surface area contributed by atoms with Crippen LogP contribution in [0.3, 0.4) is 0 Å². The number of hydrogen-bond acceptors (Lipinski definition) is 2. The summed E-state index contributed by atoms with van der Waals surface area (Å²) in [4.78, 5) is 5.63. The SMILES string of the molecule is CCc1cccc(CC)c1-n1nc2c(c1-c1ccc(F)c3[nH]ccc13)CN(Cc1ccccc1C)C2(C)C. The summed E-state index contributed by atoms with van der Waals surface area (Å²) < 4.78 is 17.0. The maximum atomic E-state index is 14.8. The van der Waals surface area contributed by atoms with Gasteiger partial charge in [0.25, 0.3) is 0 Å². The van der Waals surface area contributed by atoms with E-state index in [2.05, 4.69) is 91.6 Å². The van der Waals surface area contributed by atoms with Crippen LogP contribution in [0, 0.1) is 12.7 Å². The van der Waals surface area contributed by atoms with Crippen LogP contribution in [0.4, 0.5) is 4.39 Å². The van der Waals surface area contributed by atoms with Crippen LogP contribution in [0.2, 0.25) is 0 Å². The third-order valence-corrected chi connectivity index (χ3v) is 8.43. The number of hydrogen-bond donors (Lipinski definition) is 1. The Balaban J connectivity index is 1.60. The van der Waals surface area contributed by atoms with Gasteiger partial charge < -0.3 is 4.98 Å². The van der Waals surface area contributed by atoms with Crippen molar-refractivity contribution in [2.75, 3.05) is 0 Å². The van der Waals surface area contributed by atoms with Crippen molar-refractivity contribution in [3.8, 4) is 16.9 Å². The Kier molecular flexibility index (Phi) is 5.99. The minimum Gasteiger partial charge on any atom is -0.359 e. The molecule has 0 spiro atoms. The van der Waals surface area contributed by atoms with Crippen molar-refractivity contribution in [1.82, 2.24) is 19.7 Å². The van der Waals surface area contributed by atoms with Gasteiger partial charge in [-0.3, -0.25) is 4.90 Å². The Morgan fingerprint density at radius 3 is 2.34 bits per heavy atom. The number of fused-ring (bicyclic) bond motifs is 2. The largest absolute Gasteiger partial charge is 0.359 e. The third kappa shape index (κ3) is 3.71. The van der Waals surface area contributed by atoms with Crippen LogP contribution in [0.1, 0.15) is 61.2 Å². The molecule has 0 radical (unpaired) electrons. The number of aromatic amines is 1. The summed E-state index contributed by atoms with van der Waals surface area (Å²) >= 11 is 0. The summed E-state index contributed by atoms with van der Waals surface area (Å²) in [6.45, 7) is 12.8. The highest BCUT2D eigenvalue weighted by molar-refractivity contribution is 5.96. The predicted molar refractivity (Wildman–Crippen MR) is 153 cm³/mol. The summed E-state index contributed by atoms with van der Waals surface area (Å²) in [5.41, 5.74) is 11.0. The molecular weight excluding hydrogens is 471 g/mol. The van der Waals surface area contributed by atoms with E-state index in [0.29, 0.717) is 5.52 Å². The highest BCUT2D eigenvalue weighted by atomic mass is 19.1. The van der Waals surface area contributed by atoms with E-state index in [-0.39, 0.29) is 11.4 Å². The Hall–Kier alpha value is -3.70. The molecule has 0 amide bonds. The van der Waals surface area contributed by atoms with E-state index in [1.165, 1.54) is 27.8 Å². The van der Waals surface area contributed by atoms with Gasteiger partial charge in [0, 0.05) is 35.8 Å². The van der Waals surface area contributed by atoms with Gasteiger partial charge in [-0.05, 0) is 74.1 Å². The monoisotopic (exact) mass is 506 g/mol. The van der Waals surface area contributed by atoms with E-state index in [0.717, 1.165) is 54.0 Å². The van der Waals surface area contributed by atoms with Gasteiger partial charge in [-0.1, -0.05) is 56.3 Å². The molecule has 6 rings (SSSR count). The zero-order chi connectivity index (χ0) is 26.6. The van der Waals surface area contributed by atoms with Gasteiger partial charge in [0.1, 0.15) is 5.82 Å². The molecule has 3 heterocycles. The molecule has 1 aliphatic rings. The number of halogens is 1. The van der Waals surface area contributed by atoms with Crippen LogP contribution in [0.25, 0.3) is 27.8 Å². The second-order valence-corrected chi connectivity index (χ2v) is 10.9. The summed E-state index contributed by atoms with van der Waals surface area (Å²) in [7, 11) is 0. The van der Waals surface area contributed by atoms with E-state index in [1.54, 1.807) is 6.07 Å². The molecular formula is C33H35FN4. The number of rotatable bonds is 6. The minimum absolute atomic E-state index is 0.235. The first kappa shape index (κ1) is 24.6. The van der Waals surface area contributed by atoms with Crippen molar-refractivity contribution in [2.45, 2.75) is 66.1 Å². The number of H-pyrrole nitrogens is 1. The molecule has 4 nitrogen and oxygen atoms in total. The number of benzene rings is 3. The Bertz CT molecular complexity index is 1630. The van der Waals surface area contributed by atoms with Gasteiger partial charge in [-0.25, -0.2) is 9.07 Å². The maximum Gasteiger partial charge on any atom is 0.147 e. The van der Waals surface area contributed by atoms with Gasteiger partial charge in [-0.15, -0.1) is 0 Å². The zero-order valence-electron chi connectivity index (χ0n) is 22.9. The lowest BCUT2D eigenvalue weighted by Gasteiger charge is -2.32. The number of nitrogens with one attached hydrogen (secondary N) is 1. The fourth-order valence-electron chi connectivity index (χ4n) is 6.13. The molecule has 0 saturated heterocycles. The first-order valence-corrected chi connectivity index (χ1v) is 13.6. The van der Waals surface area contributed by atoms with E-state index in [4.69, 9.17) is 5.10 Å². The molecule has 5 heteroatoms. The molecule has 3 aromatic carbocycles. The van der Waals surface area contributed by atoms with Gasteiger partial charge in [0.05, 0.1) is 28.1 Å². The van der Waals surface area contributed by atoms with Crippen molar-refractivity contribution >= 4 is 10.9 Å². The van der Waals surface area contributed by atoms with E-state index in [9.17, 15) is 4.39 Å². The van der Waals surface area contributed by atoms with Gasteiger partial charge >= 0.3 is 0 Å². The average Bonchev–Trinajstić information content (AvgIpc) is 3.61. The van der Waals surface area contributed by atoms with E-state index < -0.39 is 0 Å². The molecule has 1 aliphatic heterocycles. The van der Waals surface area contributed by atoms with Crippen molar-refractivity contribution in [3.63, 3.8) is 0 Å². The first-order valence-electron chi connectivity index (χ1n) is 13.6. The second-order valence-electron chi connectivity index (χ2n) is 10.9. The van der Waals surface area contributed by atoms with Crippen molar-refractivity contribution < 1.29 is 4.39 Å². The lowest BCUT2D eigenvalue weighted by molar-refractivity contribution is 0.123. The molecule has 0 atom stereocenters. The summed E-state index contributed by atoms with van der Waals surface area (Å²) in [6, 6.07) is 20.7. The maximum absolute atomic E-state index is 14.8. The smallest absolute Gasteiger partial charge is 0.147 e. The molecule has 0 aliphatic carbocycles. The zero-order valence-corrected chi connectivity index (χ0v) is 22.9. The van der Waals surface area contributed by atoms with Crippen molar-refractivity contribution in [1.29, 1.82) is 0 Å². The van der Waals surface area contributed by atoms with Crippen molar-refractivity contribution in [2.24, 2.45) is 0 Å². The normalized spacial score (nSPS) is 14.9. The van der Waals surface area contributed by atoms with Crippen molar-refractivity contribution in [3.05, 3.63) is 106 Å². The van der Waals surface area contributed by atoms with Crippen LogP contribution in [0.15, 0.2) is 66.9 Å². The molecule has 38 heavy (non-hydrogen) atoms. The van der Waals surface area contributed by atoms with Crippen LogP contribution in [-0.4, -0.2) is 19.7 Å². The lowest BCUT2D eigenvalue weighted by Crippen LogP contribution is -2.36. The summed E-state index contributed by atoms with van der Waals surface area (Å²) in [6.07, 6.45) is 3.65. The third-order valence-electron chi connectivity index (χ3n) is 8.43. The average molecular weight is 507 g/mol. The van der Waals surface area contributed by atoms with Gasteiger partial charge in [-0.2, -0.15) is 5.10 Å². The fourth-order valence-corrected chi connectivity index (χ4v) is 6.13. The Morgan fingerprint density at radius 1 is 0.921 bits per heavy atom. The molecule has 5 aromatic rings. The van der Waals surface area contributed by atoms with Gasteiger partial charge in [0.15, 0.2) is 0 Å². The molecule has 194 valence electrons. The molecule has 0 unspecified atom stereocenters. The topological polar surface area (TPSA) is 36.9 Å². The highest BCUT2D eigenvalue weighted by Gasteiger charge is 2.43. The molecule has 0 bridgehead atoms. The predicted octanol–water partition coefficient (Wildman–Crippen LogP) is 7.84. The quantitative estimate of drug-likeness (QED) is 0.255. The number of para-hydroxylation sites is 1. The molecule has 1 N–H and O–H groups in total. The van der Waals surface area contributed by atoms with Crippen LogP contribution in [0.5, 0.6) is 0 Å². The van der Waals surface area contributed by atoms with E-state index in [1.807, 2.05) is 18.3 Å². The Labute approximate surface area is 224 Å². The lowest BCUT2D eigenvalue weighted by atomic mass is 9.97. The van der Waals surface area contributed by atoms with E-state index >= 15 is 0 Å².